The van der Waals surface area contributed by atoms with Gasteiger partial charge in [0.1, 0.15) is 0 Å². The summed E-state index contributed by atoms with van der Waals surface area (Å²) in [6.07, 6.45) is 9.07. The molecule has 2 bridgehead atoms. The number of amides is 1. The van der Waals surface area contributed by atoms with Crippen LogP contribution in [-0.2, 0) is 4.79 Å². The van der Waals surface area contributed by atoms with Crippen LogP contribution in [0.5, 0.6) is 0 Å². The number of nitrogens with one attached hydrogen (secondary N) is 1. The topological polar surface area (TPSA) is 29.1 Å². The number of carbonyl (C=O) groups excluding carboxylic acids is 1. The first-order valence-corrected chi connectivity index (χ1v) is 8.12. The maximum atomic E-state index is 11.9. The first-order chi connectivity index (χ1) is 9.22. The van der Waals surface area contributed by atoms with E-state index in [-0.39, 0.29) is 5.91 Å². The van der Waals surface area contributed by atoms with Crippen LogP contribution in [0.1, 0.15) is 37.5 Å². The monoisotopic (exact) mass is 275 g/mol. The molecule has 2 saturated carbocycles. The second-order valence-electron chi connectivity index (χ2n) is 5.98. The minimum Gasteiger partial charge on any atom is -0.350 e. The average molecular weight is 275 g/mol. The second kappa shape index (κ2) is 5.49. The Morgan fingerprint density at radius 3 is 3.00 bits per heavy atom. The molecule has 1 aromatic rings. The lowest BCUT2D eigenvalue weighted by Crippen LogP contribution is -2.39. The number of carbonyl (C=O) groups is 1. The zero-order chi connectivity index (χ0) is 13.2. The van der Waals surface area contributed by atoms with Crippen molar-refractivity contribution in [3.63, 3.8) is 0 Å². The number of rotatable bonds is 4. The molecular weight excluding hydrogens is 254 g/mol. The fourth-order valence-corrected chi connectivity index (χ4v) is 4.45. The van der Waals surface area contributed by atoms with Crippen LogP contribution < -0.4 is 5.32 Å². The Hall–Kier alpha value is -1.09. The molecule has 1 N–H and O–H groups in total. The molecule has 2 aliphatic rings. The van der Waals surface area contributed by atoms with Gasteiger partial charge >= 0.3 is 0 Å². The lowest BCUT2D eigenvalue weighted by Gasteiger charge is -2.28. The van der Waals surface area contributed by atoms with E-state index in [4.69, 9.17) is 0 Å². The molecule has 2 fully saturated rings. The first-order valence-electron chi connectivity index (χ1n) is 7.24. The number of hydrogen-bond donors (Lipinski definition) is 1. The van der Waals surface area contributed by atoms with Gasteiger partial charge in [-0.05, 0) is 61.5 Å². The van der Waals surface area contributed by atoms with Gasteiger partial charge < -0.3 is 5.32 Å². The molecule has 1 amide bonds. The maximum absolute atomic E-state index is 11.9. The van der Waals surface area contributed by atoms with Crippen molar-refractivity contribution < 1.29 is 4.79 Å². The van der Waals surface area contributed by atoms with Crippen molar-refractivity contribution in [2.75, 3.05) is 0 Å². The van der Waals surface area contributed by atoms with E-state index in [9.17, 15) is 4.79 Å². The minimum atomic E-state index is 0.0451. The van der Waals surface area contributed by atoms with Gasteiger partial charge in [0, 0.05) is 17.0 Å². The number of fused-ring (bicyclic) bond motifs is 2. The molecule has 0 aliphatic heterocycles. The summed E-state index contributed by atoms with van der Waals surface area (Å²) in [6.45, 7) is 2.17. The summed E-state index contributed by atoms with van der Waals surface area (Å²) in [5.41, 5.74) is 0. The average Bonchev–Trinajstić information content (AvgIpc) is 3.13. The Labute approximate surface area is 118 Å². The lowest BCUT2D eigenvalue weighted by molar-refractivity contribution is -0.117. The predicted octanol–water partition coefficient (Wildman–Crippen LogP) is 3.70. The van der Waals surface area contributed by atoms with Gasteiger partial charge in [-0.1, -0.05) is 12.5 Å². The van der Waals surface area contributed by atoms with Crippen LogP contribution in [0.25, 0.3) is 6.08 Å². The van der Waals surface area contributed by atoms with Crippen molar-refractivity contribution in [1.82, 2.24) is 5.32 Å². The SMILES string of the molecule is CC(NC(=O)/C=C/c1cccs1)C1CC2CCC1C2. The molecule has 3 heteroatoms. The van der Waals surface area contributed by atoms with Gasteiger partial charge in [0.25, 0.3) is 0 Å². The zero-order valence-corrected chi connectivity index (χ0v) is 12.2. The fourth-order valence-electron chi connectivity index (χ4n) is 3.83. The summed E-state index contributed by atoms with van der Waals surface area (Å²) in [5.74, 6) is 2.55. The highest BCUT2D eigenvalue weighted by atomic mass is 32.1. The molecule has 102 valence electrons. The molecule has 1 aromatic heterocycles. The summed E-state index contributed by atoms with van der Waals surface area (Å²) in [4.78, 5) is 13.0. The van der Waals surface area contributed by atoms with E-state index in [1.165, 1.54) is 25.7 Å². The molecule has 0 radical (unpaired) electrons. The van der Waals surface area contributed by atoms with Gasteiger partial charge in [-0.3, -0.25) is 4.79 Å². The summed E-state index contributed by atoms with van der Waals surface area (Å²) >= 11 is 1.65. The molecule has 19 heavy (non-hydrogen) atoms. The van der Waals surface area contributed by atoms with Gasteiger partial charge in [-0.15, -0.1) is 11.3 Å². The Bertz CT molecular complexity index is 465. The molecular formula is C16H21NOS. The fraction of sp³-hybridized carbons (Fsp3) is 0.562. The van der Waals surface area contributed by atoms with Crippen molar-refractivity contribution in [2.45, 2.75) is 38.6 Å². The third-order valence-electron chi connectivity index (χ3n) is 4.75. The summed E-state index contributed by atoms with van der Waals surface area (Å²) in [5, 5.41) is 5.17. The van der Waals surface area contributed by atoms with Gasteiger partial charge in [-0.25, -0.2) is 0 Å². The highest BCUT2D eigenvalue weighted by Gasteiger charge is 2.41. The quantitative estimate of drug-likeness (QED) is 0.834. The van der Waals surface area contributed by atoms with Crippen LogP contribution in [0.15, 0.2) is 23.6 Å². The van der Waals surface area contributed by atoms with E-state index in [0.29, 0.717) is 12.0 Å². The van der Waals surface area contributed by atoms with Gasteiger partial charge in [0.2, 0.25) is 5.91 Å². The third-order valence-corrected chi connectivity index (χ3v) is 5.58. The van der Waals surface area contributed by atoms with Crippen molar-refractivity contribution in [3.05, 3.63) is 28.5 Å². The Morgan fingerprint density at radius 2 is 2.37 bits per heavy atom. The van der Waals surface area contributed by atoms with Crippen LogP contribution >= 0.6 is 11.3 Å². The van der Waals surface area contributed by atoms with Crippen LogP contribution in [0.2, 0.25) is 0 Å². The lowest BCUT2D eigenvalue weighted by atomic mass is 9.84. The normalized spacial score (nSPS) is 30.9. The third kappa shape index (κ3) is 2.92. The van der Waals surface area contributed by atoms with Crippen molar-refractivity contribution in [1.29, 1.82) is 0 Å². The van der Waals surface area contributed by atoms with E-state index < -0.39 is 0 Å². The number of thiophene rings is 1. The van der Waals surface area contributed by atoms with E-state index in [0.717, 1.165) is 16.7 Å². The van der Waals surface area contributed by atoms with E-state index in [2.05, 4.69) is 12.2 Å². The summed E-state index contributed by atoms with van der Waals surface area (Å²) in [7, 11) is 0. The zero-order valence-electron chi connectivity index (χ0n) is 11.3. The van der Waals surface area contributed by atoms with Crippen LogP contribution in [0, 0.1) is 17.8 Å². The van der Waals surface area contributed by atoms with Crippen molar-refractivity contribution >= 4 is 23.3 Å². The molecule has 4 atom stereocenters. The highest BCUT2D eigenvalue weighted by molar-refractivity contribution is 7.10. The van der Waals surface area contributed by atoms with E-state index in [1.54, 1.807) is 17.4 Å². The Kier molecular flexibility index (Phi) is 3.74. The van der Waals surface area contributed by atoms with Crippen LogP contribution in [0.4, 0.5) is 0 Å². The minimum absolute atomic E-state index is 0.0451. The maximum Gasteiger partial charge on any atom is 0.244 e. The number of hydrogen-bond acceptors (Lipinski definition) is 2. The highest BCUT2D eigenvalue weighted by Crippen LogP contribution is 2.49. The predicted molar refractivity (Wildman–Crippen MR) is 79.9 cm³/mol. The molecule has 2 aliphatic carbocycles. The van der Waals surface area contributed by atoms with E-state index in [1.807, 2.05) is 23.6 Å². The van der Waals surface area contributed by atoms with Gasteiger partial charge in [-0.2, -0.15) is 0 Å². The van der Waals surface area contributed by atoms with Crippen LogP contribution in [0.3, 0.4) is 0 Å². The van der Waals surface area contributed by atoms with Gasteiger partial charge in [0.05, 0.1) is 0 Å². The van der Waals surface area contributed by atoms with Crippen molar-refractivity contribution in [2.24, 2.45) is 17.8 Å². The van der Waals surface area contributed by atoms with Crippen molar-refractivity contribution in [3.8, 4) is 0 Å². The standard InChI is InChI=1S/C16H21NOS/c1-11(15-10-12-4-5-13(15)9-12)17-16(18)7-6-14-3-2-8-19-14/h2-3,6-8,11-13,15H,4-5,9-10H2,1H3,(H,17,18)/b7-6+. The first kappa shape index (κ1) is 12.9. The molecule has 0 spiro atoms. The Morgan fingerprint density at radius 1 is 1.47 bits per heavy atom. The van der Waals surface area contributed by atoms with Crippen LogP contribution in [-0.4, -0.2) is 11.9 Å². The molecule has 3 rings (SSSR count). The second-order valence-corrected chi connectivity index (χ2v) is 6.96. The smallest absolute Gasteiger partial charge is 0.244 e. The van der Waals surface area contributed by atoms with Gasteiger partial charge in [0.15, 0.2) is 0 Å². The summed E-state index contributed by atoms with van der Waals surface area (Å²) < 4.78 is 0. The molecule has 0 aromatic carbocycles. The molecule has 4 unspecified atom stereocenters. The largest absolute Gasteiger partial charge is 0.350 e. The molecule has 1 heterocycles. The van der Waals surface area contributed by atoms with E-state index >= 15 is 0 Å². The molecule has 0 saturated heterocycles. The molecule has 2 nitrogen and oxygen atoms in total. The summed E-state index contributed by atoms with van der Waals surface area (Å²) in [6, 6.07) is 4.34. The Balaban J connectivity index is 1.52.